The maximum Gasteiger partial charge on any atom is 0.306 e. The topological polar surface area (TPSA) is 78.9 Å². The molecule has 0 aromatic carbocycles. The van der Waals surface area contributed by atoms with Crippen molar-refractivity contribution in [1.82, 2.24) is 0 Å². The van der Waals surface area contributed by atoms with Gasteiger partial charge in [0.25, 0.3) is 0 Å². The number of rotatable bonds is 42. The Hall–Kier alpha value is -4.71. The largest absolute Gasteiger partial charge is 0.462 e. The normalized spacial score (nSPS) is 13.4. The molecule has 64 heavy (non-hydrogen) atoms. The molecule has 1 unspecified atom stereocenters. The quantitative estimate of drug-likeness (QED) is 0.0200. The average Bonchev–Trinajstić information content (AvgIpc) is 3.29. The summed E-state index contributed by atoms with van der Waals surface area (Å²) < 4.78 is 16.7. The monoisotopic (exact) mass is 881 g/mol. The van der Waals surface area contributed by atoms with E-state index >= 15 is 0 Å². The van der Waals surface area contributed by atoms with E-state index in [0.717, 1.165) is 122 Å². The molecule has 0 rings (SSSR count). The highest BCUT2D eigenvalue weighted by Gasteiger charge is 2.19. The molecule has 0 saturated heterocycles. The van der Waals surface area contributed by atoms with Gasteiger partial charge < -0.3 is 14.2 Å². The summed E-state index contributed by atoms with van der Waals surface area (Å²) in [4.78, 5) is 38.0. The molecular weight excluding hydrogens is 793 g/mol. The van der Waals surface area contributed by atoms with Gasteiger partial charge in [0, 0.05) is 19.3 Å². The van der Waals surface area contributed by atoms with E-state index in [0.29, 0.717) is 19.3 Å². The van der Waals surface area contributed by atoms with Gasteiger partial charge in [0.2, 0.25) is 0 Å². The van der Waals surface area contributed by atoms with Crippen molar-refractivity contribution in [3.63, 3.8) is 0 Å². The molecule has 0 amide bonds. The van der Waals surface area contributed by atoms with E-state index in [1.54, 1.807) is 0 Å². The third-order valence-corrected chi connectivity index (χ3v) is 9.79. The zero-order chi connectivity index (χ0) is 46.5. The summed E-state index contributed by atoms with van der Waals surface area (Å²) in [5.41, 5.74) is 0. The van der Waals surface area contributed by atoms with Gasteiger partial charge in [-0.1, -0.05) is 218 Å². The second kappa shape index (κ2) is 50.9. The first-order valence-corrected chi connectivity index (χ1v) is 25.0. The van der Waals surface area contributed by atoms with Crippen LogP contribution in [0.25, 0.3) is 0 Å². The molecule has 0 bridgehead atoms. The molecule has 0 fully saturated rings. The molecular formula is C58H88O6. The zero-order valence-corrected chi connectivity index (χ0v) is 40.5. The molecule has 6 heteroatoms. The summed E-state index contributed by atoms with van der Waals surface area (Å²) in [6, 6.07) is 0. The van der Waals surface area contributed by atoms with Gasteiger partial charge in [-0.3, -0.25) is 14.4 Å². The highest BCUT2D eigenvalue weighted by Crippen LogP contribution is 2.12. The van der Waals surface area contributed by atoms with Gasteiger partial charge >= 0.3 is 17.9 Å². The zero-order valence-electron chi connectivity index (χ0n) is 40.5. The van der Waals surface area contributed by atoms with E-state index in [4.69, 9.17) is 14.2 Å². The number of hydrogen-bond acceptors (Lipinski definition) is 6. The lowest BCUT2D eigenvalue weighted by molar-refractivity contribution is -0.167. The molecule has 0 spiro atoms. The van der Waals surface area contributed by atoms with Crippen molar-refractivity contribution in [2.24, 2.45) is 0 Å². The van der Waals surface area contributed by atoms with Gasteiger partial charge in [0.05, 0.1) is 0 Å². The van der Waals surface area contributed by atoms with Crippen LogP contribution < -0.4 is 0 Å². The van der Waals surface area contributed by atoms with Gasteiger partial charge in [-0.2, -0.15) is 0 Å². The molecule has 0 aliphatic rings. The minimum absolute atomic E-state index is 0.117. The summed E-state index contributed by atoms with van der Waals surface area (Å²) in [5, 5.41) is 0. The number of carbonyl (C=O) groups excluding carboxylic acids is 3. The fourth-order valence-corrected chi connectivity index (χ4v) is 6.13. The third kappa shape index (κ3) is 48.3. The van der Waals surface area contributed by atoms with Crippen molar-refractivity contribution < 1.29 is 28.6 Å². The Balaban J connectivity index is 4.57. The minimum atomic E-state index is -0.822. The van der Waals surface area contributed by atoms with Crippen LogP contribution >= 0.6 is 0 Å². The van der Waals surface area contributed by atoms with E-state index < -0.39 is 6.10 Å². The van der Waals surface area contributed by atoms with E-state index in [9.17, 15) is 14.4 Å². The van der Waals surface area contributed by atoms with Crippen molar-refractivity contribution in [3.05, 3.63) is 146 Å². The highest BCUT2D eigenvalue weighted by atomic mass is 16.6. The van der Waals surface area contributed by atoms with Crippen molar-refractivity contribution >= 4 is 17.9 Å². The van der Waals surface area contributed by atoms with E-state index in [1.807, 2.05) is 72.9 Å². The van der Waals surface area contributed by atoms with Crippen molar-refractivity contribution in [3.8, 4) is 0 Å². The van der Waals surface area contributed by atoms with Crippen molar-refractivity contribution in [2.45, 2.75) is 187 Å². The third-order valence-electron chi connectivity index (χ3n) is 9.79. The maximum absolute atomic E-state index is 12.8. The van der Waals surface area contributed by atoms with Crippen molar-refractivity contribution in [1.29, 1.82) is 0 Å². The van der Waals surface area contributed by atoms with Gasteiger partial charge in [-0.25, -0.2) is 0 Å². The SMILES string of the molecule is CC\C=C/C=C\C=C/C=C\C=C/CCCCCC(=O)OC(COC(=O)CCCCCCC\C=C/C=C\C=C/C=C\CC)COC(=O)CCCCCCCC/C=C\C/C=C\C/C=C\CC. The fourth-order valence-electron chi connectivity index (χ4n) is 6.13. The number of esters is 3. The molecule has 0 aliphatic heterocycles. The summed E-state index contributed by atoms with van der Waals surface area (Å²) >= 11 is 0. The number of allylic oxidation sites excluding steroid dienone is 24. The molecule has 0 aliphatic carbocycles. The standard InChI is InChI=1S/C58H88O6/c1-4-7-10-13-16-19-22-25-28-31-33-36-39-42-45-48-51-57(60)63-54-55(64-58(61)52-49-46-43-40-37-34-30-27-24-21-18-15-12-9-6-3)53-62-56(59)50-47-44-41-38-35-32-29-26-23-20-17-14-11-8-5-2/h7-12,14-21,23-30,34,37,55H,4-6,13,22,31-33,35-36,38-54H2,1-3H3/b10-7-,11-8-,12-9-,17-14-,18-15-,19-16-,23-20-,24-21-,28-25-,29-26-,30-27-,37-34-. The van der Waals surface area contributed by atoms with E-state index in [-0.39, 0.29) is 37.5 Å². The minimum Gasteiger partial charge on any atom is -0.462 e. The molecule has 6 nitrogen and oxygen atoms in total. The molecule has 0 aromatic rings. The fraction of sp³-hybridized carbons (Fsp3) is 0.534. The molecule has 0 heterocycles. The number of ether oxygens (including phenoxy) is 3. The van der Waals surface area contributed by atoms with Gasteiger partial charge in [0.15, 0.2) is 6.10 Å². The van der Waals surface area contributed by atoms with Crippen LogP contribution in [0.2, 0.25) is 0 Å². The number of carbonyl (C=O) groups is 3. The van der Waals surface area contributed by atoms with E-state index in [1.165, 1.54) is 12.8 Å². The Morgan fingerprint density at radius 2 is 0.641 bits per heavy atom. The molecule has 356 valence electrons. The molecule has 0 aromatic heterocycles. The second-order valence-electron chi connectivity index (χ2n) is 15.8. The van der Waals surface area contributed by atoms with Crippen LogP contribution in [0, 0.1) is 0 Å². The number of unbranched alkanes of at least 4 members (excludes halogenated alkanes) is 14. The van der Waals surface area contributed by atoms with Gasteiger partial charge in [-0.15, -0.1) is 0 Å². The summed E-state index contributed by atoms with van der Waals surface area (Å²) in [7, 11) is 0. The van der Waals surface area contributed by atoms with Crippen LogP contribution in [0.3, 0.4) is 0 Å². The lowest BCUT2D eigenvalue weighted by Crippen LogP contribution is -2.30. The Kier molecular flexibility index (Phi) is 47.2. The first-order chi connectivity index (χ1) is 31.5. The molecule has 0 N–H and O–H groups in total. The molecule has 0 radical (unpaired) electrons. The Morgan fingerprint density at radius 3 is 1.08 bits per heavy atom. The average molecular weight is 881 g/mol. The first kappa shape index (κ1) is 59.3. The van der Waals surface area contributed by atoms with E-state index in [2.05, 4.69) is 93.7 Å². The second-order valence-corrected chi connectivity index (χ2v) is 15.8. The van der Waals surface area contributed by atoms with Gasteiger partial charge in [-0.05, 0) is 89.9 Å². The van der Waals surface area contributed by atoms with Crippen LogP contribution in [0.5, 0.6) is 0 Å². The first-order valence-electron chi connectivity index (χ1n) is 25.0. The van der Waals surface area contributed by atoms with Crippen LogP contribution in [0.15, 0.2) is 146 Å². The van der Waals surface area contributed by atoms with Crippen molar-refractivity contribution in [2.75, 3.05) is 13.2 Å². The number of hydrogen-bond donors (Lipinski definition) is 0. The molecule has 1 atom stereocenters. The van der Waals surface area contributed by atoms with Crippen LogP contribution in [-0.2, 0) is 28.6 Å². The lowest BCUT2D eigenvalue weighted by atomic mass is 10.1. The summed E-state index contributed by atoms with van der Waals surface area (Å²) in [6.45, 7) is 6.15. The Morgan fingerprint density at radius 1 is 0.328 bits per heavy atom. The summed E-state index contributed by atoms with van der Waals surface area (Å²) in [5.74, 6) is -1.01. The maximum atomic E-state index is 12.8. The predicted octanol–water partition coefficient (Wildman–Crippen LogP) is 16.5. The van der Waals surface area contributed by atoms with Crippen LogP contribution in [0.1, 0.15) is 181 Å². The smallest absolute Gasteiger partial charge is 0.306 e. The molecule has 0 saturated carbocycles. The predicted molar refractivity (Wildman–Crippen MR) is 274 cm³/mol. The summed E-state index contributed by atoms with van der Waals surface area (Å²) in [6.07, 6.45) is 72.5. The van der Waals surface area contributed by atoms with Gasteiger partial charge in [0.1, 0.15) is 13.2 Å². The Bertz CT molecular complexity index is 1480. The highest BCUT2D eigenvalue weighted by molar-refractivity contribution is 5.71. The lowest BCUT2D eigenvalue weighted by Gasteiger charge is -2.18. The Labute approximate surface area is 391 Å². The van der Waals surface area contributed by atoms with Crippen LogP contribution in [-0.4, -0.2) is 37.2 Å². The van der Waals surface area contributed by atoms with Crippen LogP contribution in [0.4, 0.5) is 0 Å².